The van der Waals surface area contributed by atoms with Crippen LogP contribution in [0, 0.1) is 0 Å². The number of hydrogen-bond donors (Lipinski definition) is 2. The summed E-state index contributed by atoms with van der Waals surface area (Å²) in [6, 6.07) is 10.1. The summed E-state index contributed by atoms with van der Waals surface area (Å²) in [5, 5.41) is 9.07. The fourth-order valence-electron chi connectivity index (χ4n) is 1.87. The predicted octanol–water partition coefficient (Wildman–Crippen LogP) is 1.48. The summed E-state index contributed by atoms with van der Waals surface area (Å²) in [7, 11) is 0. The van der Waals surface area contributed by atoms with Gasteiger partial charge < -0.3 is 5.32 Å². The highest BCUT2D eigenvalue weighted by Crippen LogP contribution is 2.19. The van der Waals surface area contributed by atoms with Gasteiger partial charge >= 0.3 is 0 Å². The molecule has 3 aromatic rings. The summed E-state index contributed by atoms with van der Waals surface area (Å²) in [4.78, 5) is 30.9. The minimum absolute atomic E-state index is 0.232. The van der Waals surface area contributed by atoms with E-state index in [4.69, 9.17) is 0 Å². The normalized spacial score (nSPS) is 10.2. The van der Waals surface area contributed by atoms with E-state index in [9.17, 15) is 9.59 Å². The van der Waals surface area contributed by atoms with E-state index in [0.29, 0.717) is 11.4 Å². The zero-order valence-corrected chi connectivity index (χ0v) is 11.4. The van der Waals surface area contributed by atoms with Gasteiger partial charge in [-0.15, -0.1) is 0 Å². The number of aromatic amines is 1. The number of H-pyrrole nitrogens is 1. The van der Waals surface area contributed by atoms with Crippen molar-refractivity contribution in [2.75, 3.05) is 5.32 Å². The summed E-state index contributed by atoms with van der Waals surface area (Å²) >= 11 is 0. The highest BCUT2D eigenvalue weighted by atomic mass is 16.2. The van der Waals surface area contributed by atoms with E-state index in [1.807, 2.05) is 6.07 Å². The number of rotatable bonds is 3. The van der Waals surface area contributed by atoms with E-state index in [2.05, 4.69) is 25.5 Å². The number of nitrogens with one attached hydrogen (secondary N) is 2. The number of carbonyl (C=O) groups excluding carboxylic acids is 1. The lowest BCUT2D eigenvalue weighted by Crippen LogP contribution is -2.13. The average Bonchev–Trinajstić information content (AvgIpc) is 2.56. The third kappa shape index (κ3) is 3.04. The molecule has 2 N–H and O–H groups in total. The van der Waals surface area contributed by atoms with Crippen LogP contribution in [0.4, 0.5) is 5.69 Å². The van der Waals surface area contributed by atoms with E-state index in [-0.39, 0.29) is 17.2 Å². The molecule has 0 aliphatic rings. The van der Waals surface area contributed by atoms with Gasteiger partial charge in [-0.3, -0.25) is 14.6 Å². The lowest BCUT2D eigenvalue weighted by Gasteiger charge is -2.06. The first-order valence-electron chi connectivity index (χ1n) is 6.46. The Kier molecular flexibility index (Phi) is 3.69. The molecule has 0 unspecified atom stereocenters. The van der Waals surface area contributed by atoms with E-state index >= 15 is 0 Å². The average molecular weight is 293 g/mol. The monoisotopic (exact) mass is 293 g/mol. The highest BCUT2D eigenvalue weighted by Gasteiger charge is 2.08. The van der Waals surface area contributed by atoms with Crippen LogP contribution in [0.5, 0.6) is 0 Å². The van der Waals surface area contributed by atoms with Crippen molar-refractivity contribution < 1.29 is 4.79 Å². The maximum atomic E-state index is 12.0. The molecule has 0 aliphatic heterocycles. The zero-order valence-electron chi connectivity index (χ0n) is 11.4. The van der Waals surface area contributed by atoms with Gasteiger partial charge in [0.25, 0.3) is 11.5 Å². The van der Waals surface area contributed by atoms with Crippen LogP contribution in [0.25, 0.3) is 11.3 Å². The molecule has 7 nitrogen and oxygen atoms in total. The molecule has 2 heterocycles. The first-order valence-corrected chi connectivity index (χ1v) is 6.46. The second-order valence-electron chi connectivity index (χ2n) is 4.43. The number of amides is 1. The van der Waals surface area contributed by atoms with Crippen molar-refractivity contribution in [1.29, 1.82) is 0 Å². The SMILES string of the molecule is O=C(Nc1cccc(-c2ccc(=O)[nH]n2)c1)c1cnccn1. The summed E-state index contributed by atoms with van der Waals surface area (Å²) in [6.45, 7) is 0. The van der Waals surface area contributed by atoms with Gasteiger partial charge in [0.2, 0.25) is 0 Å². The van der Waals surface area contributed by atoms with E-state index in [1.165, 1.54) is 24.7 Å². The molecule has 22 heavy (non-hydrogen) atoms. The standard InChI is InChI=1S/C15H11N5O2/c21-14-5-4-12(19-20-14)10-2-1-3-11(8-10)18-15(22)13-9-16-6-7-17-13/h1-9H,(H,18,22)(H,20,21). The van der Waals surface area contributed by atoms with Crippen molar-refractivity contribution in [1.82, 2.24) is 20.2 Å². The summed E-state index contributed by atoms with van der Waals surface area (Å²) in [6.07, 6.45) is 4.34. The second-order valence-corrected chi connectivity index (χ2v) is 4.43. The van der Waals surface area contributed by atoms with Gasteiger partial charge in [0.15, 0.2) is 0 Å². The van der Waals surface area contributed by atoms with Gasteiger partial charge in [-0.25, -0.2) is 10.1 Å². The lowest BCUT2D eigenvalue weighted by atomic mass is 10.1. The van der Waals surface area contributed by atoms with Crippen LogP contribution in [0.2, 0.25) is 0 Å². The fraction of sp³-hybridized carbons (Fsp3) is 0. The highest BCUT2D eigenvalue weighted by molar-refractivity contribution is 6.02. The molecule has 108 valence electrons. The first-order chi connectivity index (χ1) is 10.7. The molecule has 7 heteroatoms. The number of hydrogen-bond acceptors (Lipinski definition) is 5. The molecule has 0 atom stereocenters. The van der Waals surface area contributed by atoms with Gasteiger partial charge in [-0.1, -0.05) is 12.1 Å². The molecule has 3 rings (SSSR count). The molecule has 0 radical (unpaired) electrons. The topological polar surface area (TPSA) is 101 Å². The molecule has 0 saturated carbocycles. The summed E-state index contributed by atoms with van der Waals surface area (Å²) in [5.41, 5.74) is 1.94. The van der Waals surface area contributed by atoms with Crippen LogP contribution in [0.1, 0.15) is 10.5 Å². The minimum atomic E-state index is -0.348. The van der Waals surface area contributed by atoms with Gasteiger partial charge in [-0.05, 0) is 18.2 Å². The molecular formula is C15H11N5O2. The quantitative estimate of drug-likeness (QED) is 0.761. The Morgan fingerprint density at radius 3 is 2.77 bits per heavy atom. The molecule has 0 fully saturated rings. The second kappa shape index (κ2) is 5.96. The van der Waals surface area contributed by atoms with E-state index in [1.54, 1.807) is 24.3 Å². The third-order valence-corrected chi connectivity index (χ3v) is 2.89. The number of nitrogens with zero attached hydrogens (tertiary/aromatic N) is 3. The van der Waals surface area contributed by atoms with Crippen LogP contribution in [0.15, 0.2) is 59.8 Å². The summed E-state index contributed by atoms with van der Waals surface area (Å²) < 4.78 is 0. The number of aromatic nitrogens is 4. The Bertz CT molecular complexity index is 841. The summed E-state index contributed by atoms with van der Waals surface area (Å²) in [5.74, 6) is -0.348. The molecule has 1 amide bonds. The first kappa shape index (κ1) is 13.6. The fourth-order valence-corrected chi connectivity index (χ4v) is 1.87. The maximum Gasteiger partial charge on any atom is 0.275 e. The molecule has 0 saturated heterocycles. The Morgan fingerprint density at radius 2 is 2.05 bits per heavy atom. The Balaban J connectivity index is 1.84. The van der Waals surface area contributed by atoms with Crippen molar-refractivity contribution in [2.45, 2.75) is 0 Å². The van der Waals surface area contributed by atoms with Gasteiger partial charge in [0.05, 0.1) is 11.9 Å². The van der Waals surface area contributed by atoms with E-state index in [0.717, 1.165) is 5.56 Å². The van der Waals surface area contributed by atoms with Crippen LogP contribution < -0.4 is 10.9 Å². The Labute approximate surface area is 125 Å². The Hall–Kier alpha value is -3.35. The maximum absolute atomic E-state index is 12.0. The molecule has 1 aromatic carbocycles. The van der Waals surface area contributed by atoms with Crippen LogP contribution in [-0.2, 0) is 0 Å². The van der Waals surface area contributed by atoms with Crippen molar-refractivity contribution >= 4 is 11.6 Å². The van der Waals surface area contributed by atoms with Crippen molar-refractivity contribution in [3.63, 3.8) is 0 Å². The van der Waals surface area contributed by atoms with Crippen LogP contribution in [0.3, 0.4) is 0 Å². The smallest absolute Gasteiger partial charge is 0.275 e. The van der Waals surface area contributed by atoms with Crippen molar-refractivity contribution in [3.05, 3.63) is 71.0 Å². The van der Waals surface area contributed by atoms with Crippen molar-refractivity contribution in [2.24, 2.45) is 0 Å². The lowest BCUT2D eigenvalue weighted by molar-refractivity contribution is 0.102. The number of carbonyl (C=O) groups is 1. The molecule has 0 bridgehead atoms. The minimum Gasteiger partial charge on any atom is -0.321 e. The van der Waals surface area contributed by atoms with Crippen LogP contribution in [-0.4, -0.2) is 26.1 Å². The Morgan fingerprint density at radius 1 is 1.14 bits per heavy atom. The molecular weight excluding hydrogens is 282 g/mol. The van der Waals surface area contributed by atoms with Crippen molar-refractivity contribution in [3.8, 4) is 11.3 Å². The van der Waals surface area contributed by atoms with E-state index < -0.39 is 0 Å². The number of benzene rings is 1. The van der Waals surface area contributed by atoms with Gasteiger partial charge in [0.1, 0.15) is 5.69 Å². The van der Waals surface area contributed by atoms with Crippen LogP contribution >= 0.6 is 0 Å². The van der Waals surface area contributed by atoms with Gasteiger partial charge in [-0.2, -0.15) is 5.10 Å². The predicted molar refractivity (Wildman–Crippen MR) is 80.3 cm³/mol. The number of anilines is 1. The molecule has 2 aromatic heterocycles. The largest absolute Gasteiger partial charge is 0.321 e. The van der Waals surface area contributed by atoms with Gasteiger partial charge in [0, 0.05) is 29.7 Å². The molecule has 0 aliphatic carbocycles. The molecule has 0 spiro atoms. The third-order valence-electron chi connectivity index (χ3n) is 2.89. The zero-order chi connectivity index (χ0) is 15.4.